The van der Waals surface area contributed by atoms with E-state index in [0.717, 1.165) is 4.90 Å². The van der Waals surface area contributed by atoms with Gasteiger partial charge in [0, 0.05) is 11.1 Å². The van der Waals surface area contributed by atoms with E-state index in [-0.39, 0.29) is 16.0 Å². The molecule has 174 valence electrons. The predicted octanol–water partition coefficient (Wildman–Crippen LogP) is 5.73. The number of imide groups is 1. The number of anilines is 2. The van der Waals surface area contributed by atoms with Gasteiger partial charge in [0.25, 0.3) is 21.8 Å². The number of hydrogen-bond donors (Lipinski definition) is 1. The molecule has 1 N–H and O–H groups in total. The van der Waals surface area contributed by atoms with Crippen LogP contribution in [0.1, 0.15) is 20.7 Å². The molecular weight excluding hydrogens is 488 g/mol. The first-order chi connectivity index (χ1) is 16.8. The molecule has 2 amide bonds. The van der Waals surface area contributed by atoms with Gasteiger partial charge in [0.1, 0.15) is 11.5 Å². The topological polar surface area (TPSA) is 92.8 Å². The maximum atomic E-state index is 12.9. The Balaban J connectivity index is 1.37. The van der Waals surface area contributed by atoms with Crippen molar-refractivity contribution in [2.24, 2.45) is 0 Å². The molecule has 1 aliphatic rings. The number of carbonyl (C=O) groups excluding carboxylic acids is 2. The number of halogens is 1. The zero-order valence-corrected chi connectivity index (χ0v) is 19.6. The molecular formula is C26H17ClN2O5S. The van der Waals surface area contributed by atoms with Crippen LogP contribution in [0, 0.1) is 0 Å². The van der Waals surface area contributed by atoms with E-state index in [9.17, 15) is 18.0 Å². The number of para-hydroxylation sites is 1. The molecule has 0 saturated heterocycles. The van der Waals surface area contributed by atoms with Crippen LogP contribution in [0.15, 0.2) is 102 Å². The first kappa shape index (κ1) is 22.6. The number of fused-ring (bicyclic) bond motifs is 1. The number of hydrogen-bond acceptors (Lipinski definition) is 5. The molecule has 0 aromatic heterocycles. The third-order valence-corrected chi connectivity index (χ3v) is 6.97. The fourth-order valence-corrected chi connectivity index (χ4v) is 4.86. The van der Waals surface area contributed by atoms with Gasteiger partial charge in [-0.3, -0.25) is 14.3 Å². The molecule has 35 heavy (non-hydrogen) atoms. The molecule has 0 fully saturated rings. The molecule has 0 spiro atoms. The van der Waals surface area contributed by atoms with Crippen molar-refractivity contribution >= 4 is 44.8 Å². The van der Waals surface area contributed by atoms with Gasteiger partial charge in [0.15, 0.2) is 0 Å². The highest BCUT2D eigenvalue weighted by atomic mass is 35.5. The van der Waals surface area contributed by atoms with Gasteiger partial charge in [-0.05, 0) is 66.7 Å². The fourth-order valence-electron chi connectivity index (χ4n) is 3.68. The van der Waals surface area contributed by atoms with Gasteiger partial charge in [-0.2, -0.15) is 0 Å². The summed E-state index contributed by atoms with van der Waals surface area (Å²) in [5.74, 6) is -0.164. The number of amides is 2. The lowest BCUT2D eigenvalue weighted by molar-refractivity contribution is 0.0926. The summed E-state index contributed by atoms with van der Waals surface area (Å²) in [6, 6.07) is 25.5. The minimum atomic E-state index is -3.83. The SMILES string of the molecule is O=C1c2ccc(Oc3cccc(NS(=O)(=O)c4ccc(Cl)cc4)c3)cc2C(=O)N1c1ccccc1. The van der Waals surface area contributed by atoms with E-state index in [1.807, 2.05) is 0 Å². The Morgan fingerprint density at radius 2 is 1.40 bits per heavy atom. The van der Waals surface area contributed by atoms with Crippen LogP contribution < -0.4 is 14.4 Å². The number of carbonyl (C=O) groups is 2. The number of nitrogens with zero attached hydrogens (tertiary/aromatic N) is 1. The zero-order valence-electron chi connectivity index (χ0n) is 18.0. The Labute approximate surface area is 206 Å². The predicted molar refractivity (Wildman–Crippen MR) is 133 cm³/mol. The molecule has 4 aromatic carbocycles. The summed E-state index contributed by atoms with van der Waals surface area (Å²) < 4.78 is 33.7. The van der Waals surface area contributed by atoms with E-state index < -0.39 is 21.8 Å². The van der Waals surface area contributed by atoms with Gasteiger partial charge in [0.05, 0.1) is 27.4 Å². The van der Waals surface area contributed by atoms with Gasteiger partial charge in [0.2, 0.25) is 0 Å². The van der Waals surface area contributed by atoms with Crippen LogP contribution in [0.4, 0.5) is 11.4 Å². The van der Waals surface area contributed by atoms with Crippen molar-refractivity contribution in [2.45, 2.75) is 4.90 Å². The molecule has 0 radical (unpaired) electrons. The minimum Gasteiger partial charge on any atom is -0.457 e. The number of benzene rings is 4. The first-order valence-corrected chi connectivity index (χ1v) is 12.3. The summed E-state index contributed by atoms with van der Waals surface area (Å²) in [4.78, 5) is 26.9. The van der Waals surface area contributed by atoms with Crippen LogP contribution in [0.2, 0.25) is 5.02 Å². The van der Waals surface area contributed by atoms with Crippen LogP contribution in [0.5, 0.6) is 11.5 Å². The summed E-state index contributed by atoms with van der Waals surface area (Å²) in [6.07, 6.45) is 0. The van der Waals surface area contributed by atoms with Gasteiger partial charge in [-0.15, -0.1) is 0 Å². The van der Waals surface area contributed by atoms with Gasteiger partial charge in [-0.25, -0.2) is 13.3 Å². The van der Waals surface area contributed by atoms with Crippen LogP contribution in [0.3, 0.4) is 0 Å². The molecule has 0 aliphatic carbocycles. The van der Waals surface area contributed by atoms with E-state index in [4.69, 9.17) is 16.3 Å². The van der Waals surface area contributed by atoms with Gasteiger partial charge in [-0.1, -0.05) is 35.9 Å². The molecule has 0 saturated carbocycles. The summed E-state index contributed by atoms with van der Waals surface area (Å²) in [5.41, 5.74) is 1.30. The van der Waals surface area contributed by atoms with Gasteiger partial charge < -0.3 is 4.74 Å². The van der Waals surface area contributed by atoms with Crippen LogP contribution in [0.25, 0.3) is 0 Å². The maximum absolute atomic E-state index is 12.9. The molecule has 0 atom stereocenters. The van der Waals surface area contributed by atoms with Gasteiger partial charge >= 0.3 is 0 Å². The third kappa shape index (κ3) is 4.49. The molecule has 9 heteroatoms. The summed E-state index contributed by atoms with van der Waals surface area (Å²) >= 11 is 5.84. The Morgan fingerprint density at radius 3 is 2.14 bits per heavy atom. The third-order valence-electron chi connectivity index (χ3n) is 5.32. The average molecular weight is 505 g/mol. The lowest BCUT2D eigenvalue weighted by Gasteiger charge is -2.13. The fraction of sp³-hybridized carbons (Fsp3) is 0. The lowest BCUT2D eigenvalue weighted by atomic mass is 10.1. The van der Waals surface area contributed by atoms with Crippen LogP contribution in [-0.4, -0.2) is 20.2 Å². The normalized spacial score (nSPS) is 13.0. The molecule has 0 bridgehead atoms. The monoisotopic (exact) mass is 504 g/mol. The van der Waals surface area contributed by atoms with Crippen molar-refractivity contribution in [1.82, 2.24) is 0 Å². The second-order valence-corrected chi connectivity index (χ2v) is 9.80. The van der Waals surface area contributed by atoms with Crippen molar-refractivity contribution in [3.63, 3.8) is 0 Å². The van der Waals surface area contributed by atoms with E-state index in [1.165, 1.54) is 36.4 Å². The Hall–Kier alpha value is -4.14. The minimum absolute atomic E-state index is 0.0676. The quantitative estimate of drug-likeness (QED) is 0.338. The standard InChI is InChI=1S/C26H17ClN2O5S/c27-17-9-12-22(13-10-17)35(32,33)28-18-5-4-8-20(15-18)34-21-11-14-23-24(16-21)26(31)29(25(23)30)19-6-2-1-3-7-19/h1-16,28H. The highest BCUT2D eigenvalue weighted by Crippen LogP contribution is 2.33. The summed E-state index contributed by atoms with van der Waals surface area (Å²) in [7, 11) is -3.83. The highest BCUT2D eigenvalue weighted by Gasteiger charge is 2.36. The van der Waals surface area contributed by atoms with Crippen LogP contribution >= 0.6 is 11.6 Å². The number of rotatable bonds is 6. The second-order valence-electron chi connectivity index (χ2n) is 7.68. The van der Waals surface area contributed by atoms with E-state index in [2.05, 4.69) is 4.72 Å². The average Bonchev–Trinajstić information content (AvgIpc) is 3.09. The molecule has 7 nitrogen and oxygen atoms in total. The molecule has 0 unspecified atom stereocenters. The molecule has 4 aromatic rings. The molecule has 1 heterocycles. The van der Waals surface area contributed by atoms with E-state index in [0.29, 0.717) is 27.9 Å². The first-order valence-electron chi connectivity index (χ1n) is 10.5. The Bertz CT molecular complexity index is 1550. The second kappa shape index (κ2) is 8.90. The van der Waals surface area contributed by atoms with Crippen molar-refractivity contribution in [3.05, 3.63) is 113 Å². The molecule has 1 aliphatic heterocycles. The van der Waals surface area contributed by atoms with E-state index in [1.54, 1.807) is 60.7 Å². The van der Waals surface area contributed by atoms with Crippen molar-refractivity contribution in [1.29, 1.82) is 0 Å². The van der Waals surface area contributed by atoms with Crippen LogP contribution in [-0.2, 0) is 10.0 Å². The molecule has 5 rings (SSSR count). The van der Waals surface area contributed by atoms with Crippen molar-refractivity contribution in [3.8, 4) is 11.5 Å². The van der Waals surface area contributed by atoms with E-state index >= 15 is 0 Å². The Kier molecular flexibility index (Phi) is 5.76. The zero-order chi connectivity index (χ0) is 24.6. The smallest absolute Gasteiger partial charge is 0.266 e. The van der Waals surface area contributed by atoms with Crippen molar-refractivity contribution in [2.75, 3.05) is 9.62 Å². The van der Waals surface area contributed by atoms with Crippen molar-refractivity contribution < 1.29 is 22.7 Å². The largest absolute Gasteiger partial charge is 0.457 e. The number of nitrogens with one attached hydrogen (secondary N) is 1. The number of ether oxygens (including phenoxy) is 1. The summed E-state index contributed by atoms with van der Waals surface area (Å²) in [5, 5.41) is 0.431. The summed E-state index contributed by atoms with van der Waals surface area (Å²) in [6.45, 7) is 0. The maximum Gasteiger partial charge on any atom is 0.266 e. The Morgan fingerprint density at radius 1 is 0.714 bits per heavy atom. The highest BCUT2D eigenvalue weighted by molar-refractivity contribution is 7.92. The lowest BCUT2D eigenvalue weighted by Crippen LogP contribution is -2.29. The number of sulfonamides is 1.